The first-order chi connectivity index (χ1) is 12.3. The number of nitrogens with two attached hydrogens (primary N) is 2. The van der Waals surface area contributed by atoms with E-state index in [2.05, 4.69) is 25.8 Å². The highest BCUT2D eigenvalue weighted by Gasteiger charge is 2.29. The van der Waals surface area contributed by atoms with E-state index in [4.69, 9.17) is 16.6 Å². The van der Waals surface area contributed by atoms with Gasteiger partial charge in [-0.2, -0.15) is 0 Å². The van der Waals surface area contributed by atoms with Gasteiger partial charge in [0, 0.05) is 18.5 Å². The number of hydrogen-bond donors (Lipinski definition) is 3. The quantitative estimate of drug-likeness (QED) is 0.567. The van der Waals surface area contributed by atoms with Crippen LogP contribution in [0.4, 0.5) is 17.3 Å². The topological polar surface area (TPSA) is 105 Å². The summed E-state index contributed by atoms with van der Waals surface area (Å²) in [6, 6.07) is 9.95. The Morgan fingerprint density at radius 1 is 1.23 bits per heavy atom. The molecule has 2 heterocycles. The number of anilines is 3. The molecular formula is C19H28N6O. The van der Waals surface area contributed by atoms with Gasteiger partial charge >= 0.3 is 0 Å². The maximum absolute atomic E-state index is 9.89. The molecule has 1 aromatic heterocycles. The van der Waals surface area contributed by atoms with Gasteiger partial charge in [-0.3, -0.25) is 5.01 Å². The van der Waals surface area contributed by atoms with Crippen molar-refractivity contribution >= 4 is 17.3 Å². The molecule has 0 aliphatic carbocycles. The molecule has 1 atom stereocenters. The lowest BCUT2D eigenvalue weighted by Gasteiger charge is -2.27. The van der Waals surface area contributed by atoms with Gasteiger partial charge in [-0.05, 0) is 12.0 Å². The van der Waals surface area contributed by atoms with Crippen LogP contribution in [0, 0.1) is 0 Å². The van der Waals surface area contributed by atoms with E-state index in [-0.39, 0.29) is 11.5 Å². The number of aromatic nitrogens is 2. The Morgan fingerprint density at radius 2 is 1.92 bits per heavy atom. The summed E-state index contributed by atoms with van der Waals surface area (Å²) in [4.78, 5) is 11.4. The molecule has 1 saturated heterocycles. The molecule has 0 bridgehead atoms. The Hall–Kier alpha value is -2.38. The summed E-state index contributed by atoms with van der Waals surface area (Å²) in [5.41, 5.74) is 7.68. The largest absolute Gasteiger partial charge is 0.393 e. The summed E-state index contributed by atoms with van der Waals surface area (Å²) in [5, 5.41) is 11.5. The van der Waals surface area contributed by atoms with Crippen LogP contribution in [0.1, 0.15) is 38.6 Å². The Kier molecular flexibility index (Phi) is 5.02. The van der Waals surface area contributed by atoms with E-state index in [0.717, 1.165) is 5.56 Å². The monoisotopic (exact) mass is 356 g/mol. The second-order valence-electron chi connectivity index (χ2n) is 7.86. The van der Waals surface area contributed by atoms with E-state index >= 15 is 0 Å². The van der Waals surface area contributed by atoms with Crippen molar-refractivity contribution in [3.8, 4) is 0 Å². The van der Waals surface area contributed by atoms with Gasteiger partial charge in [-0.25, -0.2) is 15.8 Å². The van der Waals surface area contributed by atoms with Crippen molar-refractivity contribution in [2.45, 2.75) is 45.3 Å². The molecule has 0 amide bonds. The predicted molar refractivity (Wildman–Crippen MR) is 105 cm³/mol. The average Bonchev–Trinajstić information content (AvgIpc) is 3.01. The van der Waals surface area contributed by atoms with Crippen LogP contribution in [0.5, 0.6) is 0 Å². The Morgan fingerprint density at radius 3 is 2.50 bits per heavy atom. The highest BCUT2D eigenvalue weighted by Crippen LogP contribution is 2.34. The molecule has 1 aliphatic heterocycles. The average molecular weight is 356 g/mol. The molecule has 7 nitrogen and oxygen atoms in total. The zero-order valence-corrected chi connectivity index (χ0v) is 15.7. The molecule has 0 radical (unpaired) electrons. The van der Waals surface area contributed by atoms with Crippen LogP contribution in [-0.4, -0.2) is 34.3 Å². The van der Waals surface area contributed by atoms with E-state index in [1.807, 2.05) is 35.2 Å². The first kappa shape index (κ1) is 18.4. The van der Waals surface area contributed by atoms with E-state index in [1.54, 1.807) is 5.01 Å². The molecule has 1 aromatic carbocycles. The van der Waals surface area contributed by atoms with Crippen LogP contribution in [0.3, 0.4) is 0 Å². The molecule has 7 heteroatoms. The van der Waals surface area contributed by atoms with Crippen LogP contribution in [-0.2, 0) is 12.0 Å². The van der Waals surface area contributed by atoms with Gasteiger partial charge in [0.25, 0.3) is 0 Å². The van der Waals surface area contributed by atoms with Crippen molar-refractivity contribution in [1.82, 2.24) is 9.97 Å². The number of rotatable bonds is 4. The highest BCUT2D eigenvalue weighted by atomic mass is 16.3. The molecule has 140 valence electrons. The fraction of sp³-hybridized carbons (Fsp3) is 0.474. The molecule has 2 aromatic rings. The maximum atomic E-state index is 9.89. The summed E-state index contributed by atoms with van der Waals surface area (Å²) in [7, 11) is 0. The summed E-state index contributed by atoms with van der Waals surface area (Å²) >= 11 is 0. The van der Waals surface area contributed by atoms with Crippen molar-refractivity contribution < 1.29 is 5.11 Å². The predicted octanol–water partition coefficient (Wildman–Crippen LogP) is 1.81. The normalized spacial score (nSPS) is 17.6. The van der Waals surface area contributed by atoms with Gasteiger partial charge in [0.05, 0.1) is 12.6 Å². The molecule has 26 heavy (non-hydrogen) atoms. The van der Waals surface area contributed by atoms with Gasteiger partial charge in [-0.15, -0.1) is 0 Å². The van der Waals surface area contributed by atoms with Crippen LogP contribution in [0.15, 0.2) is 30.3 Å². The van der Waals surface area contributed by atoms with Gasteiger partial charge in [0.1, 0.15) is 11.5 Å². The molecular weight excluding hydrogens is 328 g/mol. The third-order valence-corrected chi connectivity index (χ3v) is 4.51. The van der Waals surface area contributed by atoms with Gasteiger partial charge in [0.2, 0.25) is 0 Å². The minimum absolute atomic E-state index is 0.247. The minimum atomic E-state index is -0.357. The maximum Gasteiger partial charge on any atom is 0.172 e. The Labute approximate surface area is 154 Å². The number of benzene rings is 1. The number of aliphatic hydroxyl groups is 1. The summed E-state index contributed by atoms with van der Waals surface area (Å²) in [6.07, 6.45) is 0.351. The second-order valence-corrected chi connectivity index (χ2v) is 7.86. The number of nitrogens with zero attached hydrogens (tertiary/aromatic N) is 4. The zero-order valence-electron chi connectivity index (χ0n) is 15.7. The third-order valence-electron chi connectivity index (χ3n) is 4.51. The lowest BCUT2D eigenvalue weighted by atomic mass is 9.95. The standard InChI is InChI=1S/C19H28N6O/c1-19(2,3)18-22-16(24-10-9-14(26)12-24)15(20)17(23-18)25(21)11-13-7-5-4-6-8-13/h4-8,14,26H,9-12,20-21H2,1-3H3. The van der Waals surface area contributed by atoms with E-state index in [1.165, 1.54) is 0 Å². The van der Waals surface area contributed by atoms with Crippen LogP contribution < -0.4 is 21.5 Å². The van der Waals surface area contributed by atoms with Crippen molar-refractivity contribution in [3.05, 3.63) is 41.7 Å². The molecule has 1 unspecified atom stereocenters. The van der Waals surface area contributed by atoms with Gasteiger partial charge < -0.3 is 15.7 Å². The Bertz CT molecular complexity index is 759. The Balaban J connectivity index is 2.00. The number of aliphatic hydroxyl groups excluding tert-OH is 1. The lowest BCUT2D eigenvalue weighted by molar-refractivity contribution is 0.198. The molecule has 1 fully saturated rings. The third kappa shape index (κ3) is 3.89. The first-order valence-corrected chi connectivity index (χ1v) is 8.93. The van der Waals surface area contributed by atoms with E-state index in [0.29, 0.717) is 49.2 Å². The molecule has 0 saturated carbocycles. The molecule has 5 N–H and O–H groups in total. The van der Waals surface area contributed by atoms with E-state index < -0.39 is 0 Å². The fourth-order valence-electron chi connectivity index (χ4n) is 3.03. The second kappa shape index (κ2) is 7.09. The smallest absolute Gasteiger partial charge is 0.172 e. The minimum Gasteiger partial charge on any atom is -0.393 e. The van der Waals surface area contributed by atoms with Crippen molar-refractivity contribution in [3.63, 3.8) is 0 Å². The molecule has 1 aliphatic rings. The fourth-order valence-corrected chi connectivity index (χ4v) is 3.03. The number of nitrogen functional groups attached to an aromatic ring is 1. The van der Waals surface area contributed by atoms with E-state index in [9.17, 15) is 5.11 Å². The van der Waals surface area contributed by atoms with Crippen molar-refractivity contribution in [1.29, 1.82) is 0 Å². The summed E-state index contributed by atoms with van der Waals surface area (Å²) < 4.78 is 0. The summed E-state index contributed by atoms with van der Waals surface area (Å²) in [6.45, 7) is 7.91. The number of hydrogen-bond acceptors (Lipinski definition) is 7. The van der Waals surface area contributed by atoms with Gasteiger partial charge in [0.15, 0.2) is 11.6 Å². The van der Waals surface area contributed by atoms with Crippen molar-refractivity contribution in [2.24, 2.45) is 5.84 Å². The number of β-amino-alcohol motifs (C(OH)–C–C–N with tert-alkyl or cyclic N) is 1. The first-order valence-electron chi connectivity index (χ1n) is 8.93. The highest BCUT2D eigenvalue weighted by molar-refractivity contribution is 5.76. The van der Waals surface area contributed by atoms with Crippen molar-refractivity contribution in [2.75, 3.05) is 28.7 Å². The molecule has 0 spiro atoms. The summed E-state index contributed by atoms with van der Waals surface area (Å²) in [5.74, 6) is 8.18. The SMILES string of the molecule is CC(C)(C)c1nc(N(N)Cc2ccccc2)c(N)c(N2CCC(O)C2)n1. The lowest BCUT2D eigenvalue weighted by Crippen LogP contribution is -2.34. The van der Waals surface area contributed by atoms with Crippen LogP contribution in [0.25, 0.3) is 0 Å². The van der Waals surface area contributed by atoms with Crippen LogP contribution >= 0.6 is 0 Å². The number of hydrazine groups is 1. The van der Waals surface area contributed by atoms with Crippen LogP contribution in [0.2, 0.25) is 0 Å². The van der Waals surface area contributed by atoms with Gasteiger partial charge in [-0.1, -0.05) is 51.1 Å². The zero-order chi connectivity index (χ0) is 18.9. The molecule has 3 rings (SSSR count).